The van der Waals surface area contributed by atoms with Crippen molar-refractivity contribution < 1.29 is 18.1 Å². The zero-order chi connectivity index (χ0) is 32.0. The van der Waals surface area contributed by atoms with Crippen molar-refractivity contribution in [2.24, 2.45) is 0 Å². The average molecular weight is 616 g/mol. The van der Waals surface area contributed by atoms with E-state index in [1.165, 1.54) is 52.0 Å². The molecule has 0 amide bonds. The van der Waals surface area contributed by atoms with Crippen molar-refractivity contribution in [2.75, 3.05) is 0 Å². The van der Waals surface area contributed by atoms with E-state index in [0.717, 1.165) is 21.8 Å². The molecule has 5 rings (SSSR count). The molecule has 0 aliphatic heterocycles. The summed E-state index contributed by atoms with van der Waals surface area (Å²) >= 11 is 0. The van der Waals surface area contributed by atoms with Crippen LogP contribution in [0.2, 0.25) is 0 Å². The Morgan fingerprint density at radius 1 is 0.800 bits per heavy atom. The Kier molecular flexibility index (Phi) is 9.22. The van der Waals surface area contributed by atoms with E-state index in [1.54, 1.807) is 0 Å². The van der Waals surface area contributed by atoms with Gasteiger partial charge in [-0.1, -0.05) is 78.9 Å². The number of nitro groups is 1. The molecular formula is C33H28F3N5O4. The van der Waals surface area contributed by atoms with Gasteiger partial charge in [0, 0.05) is 24.8 Å². The Balaban J connectivity index is 1.51. The molecule has 0 aliphatic rings. The SMILES string of the molecule is O=c1c([N+](=O)[O-])c(C=Cc2cnn(Cc3ccccc3C(F)(F)F)c2)n(CCc2ccccc2)c(=O)n1CCc1ccccc1. The summed E-state index contributed by atoms with van der Waals surface area (Å²) in [4.78, 5) is 38.6. The maximum absolute atomic E-state index is 13.7. The molecule has 5 aromatic rings. The van der Waals surface area contributed by atoms with Gasteiger partial charge in [-0.15, -0.1) is 0 Å². The minimum absolute atomic E-state index is 0.0214. The molecule has 12 heteroatoms. The summed E-state index contributed by atoms with van der Waals surface area (Å²) in [5.41, 5.74) is -1.23. The van der Waals surface area contributed by atoms with Gasteiger partial charge in [0.15, 0.2) is 0 Å². The number of alkyl halides is 3. The fraction of sp³-hybridized carbons (Fsp3) is 0.182. The summed E-state index contributed by atoms with van der Waals surface area (Å²) in [6, 6.07) is 23.6. The predicted molar refractivity (Wildman–Crippen MR) is 164 cm³/mol. The lowest BCUT2D eigenvalue weighted by molar-refractivity contribution is -0.387. The minimum atomic E-state index is -4.53. The van der Waals surface area contributed by atoms with Crippen molar-refractivity contribution >= 4 is 17.8 Å². The van der Waals surface area contributed by atoms with Crippen molar-refractivity contribution in [3.63, 3.8) is 0 Å². The van der Waals surface area contributed by atoms with Gasteiger partial charge in [-0.25, -0.2) is 4.79 Å². The summed E-state index contributed by atoms with van der Waals surface area (Å²) in [5, 5.41) is 16.4. The zero-order valence-electron chi connectivity index (χ0n) is 23.9. The van der Waals surface area contributed by atoms with Crippen LogP contribution in [0.3, 0.4) is 0 Å². The summed E-state index contributed by atoms with van der Waals surface area (Å²) in [5.74, 6) is 0. The van der Waals surface area contributed by atoms with Crippen molar-refractivity contribution in [1.82, 2.24) is 18.9 Å². The van der Waals surface area contributed by atoms with E-state index in [-0.39, 0.29) is 30.9 Å². The summed E-state index contributed by atoms with van der Waals surface area (Å²) in [6.07, 6.45) is 1.75. The largest absolute Gasteiger partial charge is 0.416 e. The quantitative estimate of drug-likeness (QED) is 0.137. The third kappa shape index (κ3) is 7.35. The zero-order valence-corrected chi connectivity index (χ0v) is 23.9. The number of aryl methyl sites for hydroxylation is 2. The molecule has 9 nitrogen and oxygen atoms in total. The van der Waals surface area contributed by atoms with Crippen LogP contribution in [0.15, 0.2) is 107 Å². The fourth-order valence-electron chi connectivity index (χ4n) is 5.06. The lowest BCUT2D eigenvalue weighted by Crippen LogP contribution is -2.42. The Labute approximate surface area is 255 Å². The molecule has 0 saturated heterocycles. The highest BCUT2D eigenvalue weighted by Gasteiger charge is 2.33. The Morgan fingerprint density at radius 3 is 1.98 bits per heavy atom. The summed E-state index contributed by atoms with van der Waals surface area (Å²) < 4.78 is 43.8. The second-order valence-electron chi connectivity index (χ2n) is 10.3. The number of benzene rings is 3. The Hall–Kier alpha value is -5.52. The number of aromatic nitrogens is 4. The second-order valence-corrected chi connectivity index (χ2v) is 10.3. The van der Waals surface area contributed by atoms with Crippen molar-refractivity contribution in [3.05, 3.63) is 162 Å². The molecule has 0 atom stereocenters. The van der Waals surface area contributed by atoms with Crippen LogP contribution in [0.5, 0.6) is 0 Å². The maximum atomic E-state index is 13.7. The smallest absolute Gasteiger partial charge is 0.287 e. The lowest BCUT2D eigenvalue weighted by atomic mass is 10.1. The third-order valence-electron chi connectivity index (χ3n) is 7.30. The molecule has 3 aromatic carbocycles. The van der Waals surface area contributed by atoms with Crippen LogP contribution >= 0.6 is 0 Å². The van der Waals surface area contributed by atoms with E-state index in [0.29, 0.717) is 18.4 Å². The molecule has 2 aromatic heterocycles. The van der Waals surface area contributed by atoms with Gasteiger partial charge in [-0.2, -0.15) is 18.3 Å². The number of rotatable bonds is 11. The first-order valence-corrected chi connectivity index (χ1v) is 14.1. The first-order chi connectivity index (χ1) is 21.6. The molecule has 0 saturated carbocycles. The molecule has 0 aliphatic carbocycles. The molecular weight excluding hydrogens is 587 g/mol. The molecule has 2 heterocycles. The van der Waals surface area contributed by atoms with Crippen LogP contribution in [0.1, 0.15) is 33.5 Å². The number of hydrogen-bond donors (Lipinski definition) is 0. The van der Waals surface area contributed by atoms with Gasteiger partial charge in [0.05, 0.1) is 23.2 Å². The minimum Gasteiger partial charge on any atom is -0.287 e. The number of nitrogens with zero attached hydrogens (tertiary/aromatic N) is 5. The van der Waals surface area contributed by atoms with Gasteiger partial charge in [-0.05, 0) is 47.8 Å². The van der Waals surface area contributed by atoms with Gasteiger partial charge >= 0.3 is 23.1 Å². The van der Waals surface area contributed by atoms with E-state index in [2.05, 4.69) is 5.10 Å². The standard InChI is InChI=1S/C33H28F3N5O4/c34-33(35,36)28-14-8-7-13-27(28)23-38-22-26(21-37-38)15-16-29-30(41(44)45)31(42)40(20-18-25-11-5-2-6-12-25)32(43)39(29)19-17-24-9-3-1-4-10-24/h1-16,21-22H,17-20,23H2. The first kappa shape index (κ1) is 30.9. The van der Waals surface area contributed by atoms with E-state index in [1.807, 2.05) is 60.7 Å². The van der Waals surface area contributed by atoms with Crippen molar-refractivity contribution in [2.45, 2.75) is 38.7 Å². The van der Waals surface area contributed by atoms with Gasteiger partial charge in [0.25, 0.3) is 0 Å². The topological polar surface area (TPSA) is 105 Å². The number of hydrogen-bond acceptors (Lipinski definition) is 5. The third-order valence-corrected chi connectivity index (χ3v) is 7.30. The van der Waals surface area contributed by atoms with E-state index < -0.39 is 33.6 Å². The van der Waals surface area contributed by atoms with E-state index >= 15 is 0 Å². The normalized spacial score (nSPS) is 11.7. The molecule has 0 spiro atoms. The van der Waals surface area contributed by atoms with Gasteiger partial charge < -0.3 is 0 Å². The average Bonchev–Trinajstić information content (AvgIpc) is 3.47. The van der Waals surface area contributed by atoms with Crippen molar-refractivity contribution in [1.29, 1.82) is 0 Å². The molecule has 45 heavy (non-hydrogen) atoms. The molecule has 0 unspecified atom stereocenters. The number of halogens is 3. The van der Waals surface area contributed by atoms with Gasteiger partial charge in [0.1, 0.15) is 5.69 Å². The van der Waals surface area contributed by atoms with Crippen LogP contribution in [0.25, 0.3) is 12.2 Å². The second kappa shape index (κ2) is 13.4. The predicted octanol–water partition coefficient (Wildman–Crippen LogP) is 5.84. The molecule has 0 fully saturated rings. The van der Waals surface area contributed by atoms with Gasteiger partial charge in [0.2, 0.25) is 0 Å². The van der Waals surface area contributed by atoms with Crippen LogP contribution in [0.4, 0.5) is 18.9 Å². The monoisotopic (exact) mass is 615 g/mol. The highest BCUT2D eigenvalue weighted by atomic mass is 19.4. The lowest BCUT2D eigenvalue weighted by Gasteiger charge is -2.14. The van der Waals surface area contributed by atoms with Crippen molar-refractivity contribution in [3.8, 4) is 0 Å². The van der Waals surface area contributed by atoms with Crippen LogP contribution < -0.4 is 11.2 Å². The molecule has 230 valence electrons. The molecule has 0 N–H and O–H groups in total. The van der Waals surface area contributed by atoms with Gasteiger partial charge in [-0.3, -0.25) is 28.7 Å². The molecule has 0 radical (unpaired) electrons. The fourth-order valence-corrected chi connectivity index (χ4v) is 5.06. The first-order valence-electron chi connectivity index (χ1n) is 14.1. The van der Waals surface area contributed by atoms with E-state index in [4.69, 9.17) is 0 Å². The Bertz CT molecular complexity index is 1950. The highest BCUT2D eigenvalue weighted by molar-refractivity contribution is 5.71. The van der Waals surface area contributed by atoms with E-state index in [9.17, 15) is 32.9 Å². The van der Waals surface area contributed by atoms with Crippen LogP contribution in [-0.4, -0.2) is 23.8 Å². The van der Waals surface area contributed by atoms with Crippen LogP contribution in [-0.2, 0) is 38.7 Å². The highest BCUT2D eigenvalue weighted by Crippen LogP contribution is 2.32. The maximum Gasteiger partial charge on any atom is 0.416 e. The summed E-state index contributed by atoms with van der Waals surface area (Å²) in [6.45, 7) is -0.157. The molecule has 0 bridgehead atoms. The summed E-state index contributed by atoms with van der Waals surface area (Å²) in [7, 11) is 0. The van der Waals surface area contributed by atoms with Crippen LogP contribution in [0, 0.1) is 10.1 Å². The Morgan fingerprint density at radius 2 is 1.38 bits per heavy atom.